The van der Waals surface area contributed by atoms with Gasteiger partial charge in [0.1, 0.15) is 6.33 Å². The lowest BCUT2D eigenvalue weighted by atomic mass is 9.79. The van der Waals surface area contributed by atoms with Crippen LogP contribution in [0.25, 0.3) is 17.6 Å². The van der Waals surface area contributed by atoms with Gasteiger partial charge >= 0.3 is 18.4 Å². The molecule has 0 radical (unpaired) electrons. The highest BCUT2D eigenvalue weighted by atomic mass is 19.4. The molecule has 2 fully saturated rings. The highest BCUT2D eigenvalue weighted by Crippen LogP contribution is 2.40. The summed E-state index contributed by atoms with van der Waals surface area (Å²) in [6.07, 6.45) is -4.43. The first kappa shape index (κ1) is 27.5. The molecule has 14 heteroatoms. The van der Waals surface area contributed by atoms with E-state index in [1.54, 1.807) is 9.80 Å². The second-order valence-electron chi connectivity index (χ2n) is 9.49. The lowest BCUT2D eigenvalue weighted by molar-refractivity contribution is -0.143. The summed E-state index contributed by atoms with van der Waals surface area (Å²) in [5.74, 6) is -0.708. The van der Waals surface area contributed by atoms with Gasteiger partial charge in [-0.25, -0.2) is 14.5 Å². The number of aromatic nitrogens is 3. The molecule has 3 heterocycles. The molecule has 2 amide bonds. The summed E-state index contributed by atoms with van der Waals surface area (Å²) >= 11 is 0. The molecule has 0 atom stereocenters. The first-order valence-corrected chi connectivity index (χ1v) is 11.9. The number of hydrogen-bond acceptors (Lipinski definition) is 5. The van der Waals surface area contributed by atoms with E-state index >= 15 is 0 Å². The Balaban J connectivity index is 1.38. The third kappa shape index (κ3) is 6.10. The number of amides is 2. The topological polar surface area (TPSA) is 80.6 Å². The third-order valence-corrected chi connectivity index (χ3v) is 6.51. The molecule has 2 saturated heterocycles. The van der Waals surface area contributed by atoms with Gasteiger partial charge in [0.25, 0.3) is 0 Å². The summed E-state index contributed by atoms with van der Waals surface area (Å²) in [5, 5.41) is 3.90. The Bertz CT molecular complexity index is 1180. The smallest absolute Gasteiger partial charge is 0.416 e. The van der Waals surface area contributed by atoms with E-state index in [0.717, 1.165) is 30.3 Å². The summed E-state index contributed by atoms with van der Waals surface area (Å²) in [7, 11) is 0. The van der Waals surface area contributed by atoms with Gasteiger partial charge in [-0.3, -0.25) is 4.79 Å². The van der Waals surface area contributed by atoms with Crippen molar-refractivity contribution in [3.05, 3.63) is 41.7 Å². The highest BCUT2D eigenvalue weighted by molar-refractivity contribution is 5.90. The fraction of sp³-hybridized carbons (Fsp3) is 0.500. The molecule has 38 heavy (non-hydrogen) atoms. The first-order valence-electron chi connectivity index (χ1n) is 11.9. The summed E-state index contributed by atoms with van der Waals surface area (Å²) in [6, 6.07) is 1.10. The molecule has 0 N–H and O–H groups in total. The molecule has 8 nitrogen and oxygen atoms in total. The van der Waals surface area contributed by atoms with Gasteiger partial charge in [-0.2, -0.15) is 26.3 Å². The number of ether oxygens (including phenoxy) is 1. The summed E-state index contributed by atoms with van der Waals surface area (Å²) in [6.45, 7) is 4.28. The van der Waals surface area contributed by atoms with Crippen molar-refractivity contribution in [3.8, 4) is 11.4 Å². The van der Waals surface area contributed by atoms with Gasteiger partial charge in [-0.05, 0) is 31.0 Å². The Hall–Kier alpha value is -3.58. The standard InChI is InChI=1S/C24H25F6N5O3/c1-2-3-8-38-21(37)34-13-22(14-34)5-7-33(12-22)19(36)4-6-35-15-31-20(32-35)16-9-17(23(25,26)27)11-18(10-16)24(28,29)30/h4,6,9-11,15H,2-3,5,7-8,12-14H2,1H3. The van der Waals surface area contributed by atoms with Crippen molar-refractivity contribution < 1.29 is 40.7 Å². The Morgan fingerprint density at radius 2 is 1.66 bits per heavy atom. The molecule has 206 valence electrons. The number of likely N-dealkylation sites (tertiary alicyclic amines) is 2. The third-order valence-electron chi connectivity index (χ3n) is 6.51. The first-order chi connectivity index (χ1) is 17.8. The fourth-order valence-corrected chi connectivity index (χ4v) is 4.48. The van der Waals surface area contributed by atoms with Crippen LogP contribution in [-0.4, -0.2) is 69.4 Å². The van der Waals surface area contributed by atoms with Crippen LogP contribution in [0.2, 0.25) is 0 Å². The Morgan fingerprint density at radius 1 is 1.03 bits per heavy atom. The number of benzene rings is 1. The number of unbranched alkanes of at least 4 members (excludes halogenated alkanes) is 1. The van der Waals surface area contributed by atoms with Crippen molar-refractivity contribution in [1.29, 1.82) is 0 Å². The molecule has 1 aromatic carbocycles. The number of carbonyl (C=O) groups excluding carboxylic acids is 2. The van der Waals surface area contributed by atoms with E-state index in [9.17, 15) is 35.9 Å². The van der Waals surface area contributed by atoms with E-state index in [0.29, 0.717) is 44.9 Å². The van der Waals surface area contributed by atoms with Crippen LogP contribution in [0, 0.1) is 5.41 Å². The van der Waals surface area contributed by atoms with Crippen LogP contribution in [0.4, 0.5) is 31.1 Å². The van der Waals surface area contributed by atoms with Crippen LogP contribution in [0.3, 0.4) is 0 Å². The molecule has 0 saturated carbocycles. The maximum Gasteiger partial charge on any atom is 0.416 e. The summed E-state index contributed by atoms with van der Waals surface area (Å²) < 4.78 is 85.0. The Kier molecular flexibility index (Phi) is 7.44. The molecule has 1 spiro atoms. The van der Waals surface area contributed by atoms with Crippen LogP contribution in [0.15, 0.2) is 30.6 Å². The predicted molar refractivity (Wildman–Crippen MR) is 122 cm³/mol. The molecule has 2 aromatic rings. The zero-order valence-corrected chi connectivity index (χ0v) is 20.3. The number of nitrogens with zero attached hydrogens (tertiary/aromatic N) is 5. The number of hydrogen-bond donors (Lipinski definition) is 0. The molecular formula is C24H25F6N5O3. The van der Waals surface area contributed by atoms with Gasteiger partial charge in [0, 0.05) is 49.4 Å². The monoisotopic (exact) mass is 545 g/mol. The van der Waals surface area contributed by atoms with E-state index in [1.165, 1.54) is 12.3 Å². The van der Waals surface area contributed by atoms with Crippen LogP contribution in [-0.2, 0) is 21.9 Å². The minimum absolute atomic E-state index is 0.0264. The summed E-state index contributed by atoms with van der Waals surface area (Å²) in [4.78, 5) is 31.7. The maximum absolute atomic E-state index is 13.1. The largest absolute Gasteiger partial charge is 0.449 e. The van der Waals surface area contributed by atoms with E-state index in [2.05, 4.69) is 10.1 Å². The van der Waals surface area contributed by atoms with Gasteiger partial charge in [-0.1, -0.05) is 13.3 Å². The molecule has 0 bridgehead atoms. The number of alkyl halides is 6. The molecule has 1 aromatic heterocycles. The maximum atomic E-state index is 13.1. The van der Waals surface area contributed by atoms with Crippen molar-refractivity contribution in [1.82, 2.24) is 24.6 Å². The molecule has 4 rings (SSSR count). The zero-order chi connectivity index (χ0) is 27.7. The van der Waals surface area contributed by atoms with E-state index in [-0.39, 0.29) is 29.3 Å². The van der Waals surface area contributed by atoms with Crippen molar-refractivity contribution in [2.75, 3.05) is 32.8 Å². The average Bonchev–Trinajstić information content (AvgIpc) is 3.48. The van der Waals surface area contributed by atoms with Crippen LogP contribution < -0.4 is 0 Å². The minimum Gasteiger partial charge on any atom is -0.449 e. The normalized spacial score (nSPS) is 17.3. The molecule has 0 aliphatic carbocycles. The van der Waals surface area contributed by atoms with Crippen LogP contribution in [0.1, 0.15) is 37.3 Å². The van der Waals surface area contributed by atoms with Gasteiger partial charge in [0.15, 0.2) is 5.82 Å². The molecule has 0 unspecified atom stereocenters. The number of carbonyl (C=O) groups is 2. The highest BCUT2D eigenvalue weighted by Gasteiger charge is 2.50. The van der Waals surface area contributed by atoms with Crippen molar-refractivity contribution in [3.63, 3.8) is 0 Å². The lowest BCUT2D eigenvalue weighted by Gasteiger charge is -2.46. The van der Waals surface area contributed by atoms with Gasteiger partial charge in [0.05, 0.1) is 17.7 Å². The van der Waals surface area contributed by atoms with Gasteiger partial charge < -0.3 is 14.5 Å². The summed E-state index contributed by atoms with van der Waals surface area (Å²) in [5.41, 5.74) is -3.60. The minimum atomic E-state index is -5.00. The second-order valence-corrected chi connectivity index (χ2v) is 9.49. The van der Waals surface area contributed by atoms with E-state index < -0.39 is 29.0 Å². The number of halogens is 6. The van der Waals surface area contributed by atoms with Crippen molar-refractivity contribution >= 4 is 18.2 Å². The van der Waals surface area contributed by atoms with Crippen molar-refractivity contribution in [2.45, 2.75) is 38.5 Å². The number of rotatable bonds is 6. The SMILES string of the molecule is CCCCOC(=O)N1CC2(CCN(C(=O)C=Cn3cnc(-c4cc(C(F)(F)F)cc(C(F)(F)F)c4)n3)C2)C1. The van der Waals surface area contributed by atoms with Crippen LogP contribution >= 0.6 is 0 Å². The van der Waals surface area contributed by atoms with Crippen molar-refractivity contribution in [2.24, 2.45) is 5.41 Å². The average molecular weight is 545 g/mol. The Morgan fingerprint density at radius 3 is 2.26 bits per heavy atom. The van der Waals surface area contributed by atoms with Crippen LogP contribution in [0.5, 0.6) is 0 Å². The quantitative estimate of drug-likeness (QED) is 0.292. The Labute approximate surface area is 213 Å². The molecule has 2 aliphatic heterocycles. The van der Waals surface area contributed by atoms with E-state index in [4.69, 9.17) is 4.74 Å². The predicted octanol–water partition coefficient (Wildman–Crippen LogP) is 4.92. The lowest BCUT2D eigenvalue weighted by Crippen LogP contribution is -2.59. The molecular weight excluding hydrogens is 520 g/mol. The zero-order valence-electron chi connectivity index (χ0n) is 20.3. The van der Waals surface area contributed by atoms with Gasteiger partial charge in [0.2, 0.25) is 5.91 Å². The molecule has 2 aliphatic rings. The van der Waals surface area contributed by atoms with E-state index in [1.807, 2.05) is 6.92 Å². The van der Waals surface area contributed by atoms with Gasteiger partial charge in [-0.15, -0.1) is 5.10 Å². The fourth-order valence-electron chi connectivity index (χ4n) is 4.48. The second kappa shape index (κ2) is 10.3.